The van der Waals surface area contributed by atoms with Gasteiger partial charge < -0.3 is 14.6 Å². The molecule has 5 aromatic rings. The minimum atomic E-state index is -1.18. The fraction of sp³-hybridized carbons (Fsp3) is 0.152. The van der Waals surface area contributed by atoms with Gasteiger partial charge in [-0.05, 0) is 49.2 Å². The fourth-order valence-corrected chi connectivity index (χ4v) is 4.53. The molecule has 0 spiro atoms. The van der Waals surface area contributed by atoms with Crippen molar-refractivity contribution in [1.29, 1.82) is 5.26 Å². The van der Waals surface area contributed by atoms with Gasteiger partial charge in [0.15, 0.2) is 5.75 Å². The number of benzene rings is 4. The van der Waals surface area contributed by atoms with Crippen LogP contribution in [-0.4, -0.2) is 26.6 Å². The van der Waals surface area contributed by atoms with Crippen molar-refractivity contribution in [2.24, 2.45) is 0 Å². The molecule has 0 unspecified atom stereocenters. The molecule has 0 saturated carbocycles. The Morgan fingerprint density at radius 3 is 2.55 bits per heavy atom. The zero-order chi connectivity index (χ0) is 29.7. The number of aromatic nitrogens is 2. The number of nitrogens with zero attached hydrogens (tertiary/aromatic N) is 3. The number of hydrogen-bond acceptors (Lipinski definition) is 7. The predicted octanol–water partition coefficient (Wildman–Crippen LogP) is 7.15. The Labute approximate surface area is 248 Å². The zero-order valence-electron chi connectivity index (χ0n) is 23.0. The normalized spacial score (nSPS) is 11.2. The molecular weight excluding hydrogens is 552 g/mol. The number of carboxylic acids is 1. The quantitative estimate of drug-likeness (QED) is 0.179. The first-order valence-corrected chi connectivity index (χ1v) is 13.5. The molecular formula is C33H27ClN4O4. The van der Waals surface area contributed by atoms with Crippen LogP contribution in [0.5, 0.6) is 17.4 Å². The second-order valence-electron chi connectivity index (χ2n) is 10.1. The number of aliphatic carboxylic acids is 1. The maximum absolute atomic E-state index is 11.7. The largest absolute Gasteiger partial charge is 0.488 e. The SMILES string of the molecule is CC(C)(NCc1cc(Cl)c(Oc2ncnc3c(-c4ccccc4)cccc23)cc1OCc1cccc(C#N)c1)C(=O)O. The van der Waals surface area contributed by atoms with Crippen molar-refractivity contribution in [2.45, 2.75) is 32.5 Å². The van der Waals surface area contributed by atoms with Crippen LogP contribution >= 0.6 is 11.6 Å². The van der Waals surface area contributed by atoms with Gasteiger partial charge in [-0.15, -0.1) is 0 Å². The Balaban J connectivity index is 1.50. The molecule has 1 heterocycles. The highest BCUT2D eigenvalue weighted by atomic mass is 35.5. The average Bonchev–Trinajstić information content (AvgIpc) is 3.00. The first-order valence-electron chi connectivity index (χ1n) is 13.1. The number of nitrogens with one attached hydrogen (secondary N) is 1. The Kier molecular flexibility index (Phi) is 8.34. The Morgan fingerprint density at radius 2 is 1.79 bits per heavy atom. The second-order valence-corrected chi connectivity index (χ2v) is 10.5. The van der Waals surface area contributed by atoms with E-state index in [1.165, 1.54) is 6.33 Å². The molecule has 0 atom stereocenters. The van der Waals surface area contributed by atoms with Crippen molar-refractivity contribution in [3.63, 3.8) is 0 Å². The van der Waals surface area contributed by atoms with Crippen molar-refractivity contribution < 1.29 is 19.4 Å². The lowest BCUT2D eigenvalue weighted by Crippen LogP contribution is -2.46. The number of nitriles is 1. The lowest BCUT2D eigenvalue weighted by molar-refractivity contribution is -0.143. The van der Waals surface area contributed by atoms with Gasteiger partial charge in [0.25, 0.3) is 0 Å². The molecule has 0 saturated heterocycles. The first kappa shape index (κ1) is 28.6. The monoisotopic (exact) mass is 578 g/mol. The molecule has 0 aliphatic heterocycles. The molecule has 4 aromatic carbocycles. The molecule has 0 fully saturated rings. The molecule has 0 aliphatic rings. The van der Waals surface area contributed by atoms with E-state index in [9.17, 15) is 15.2 Å². The van der Waals surface area contributed by atoms with Gasteiger partial charge in [0.1, 0.15) is 24.2 Å². The van der Waals surface area contributed by atoms with E-state index in [1.807, 2.05) is 54.6 Å². The molecule has 0 aliphatic carbocycles. The van der Waals surface area contributed by atoms with Gasteiger partial charge in [-0.2, -0.15) is 5.26 Å². The summed E-state index contributed by atoms with van der Waals surface area (Å²) in [6, 6.07) is 28.3. The second kappa shape index (κ2) is 12.3. The highest BCUT2D eigenvalue weighted by Crippen LogP contribution is 2.38. The summed E-state index contributed by atoms with van der Waals surface area (Å²) < 4.78 is 12.4. The molecule has 1 aromatic heterocycles. The third-order valence-electron chi connectivity index (χ3n) is 6.74. The minimum absolute atomic E-state index is 0.169. The van der Waals surface area contributed by atoms with E-state index in [1.54, 1.807) is 44.2 Å². The van der Waals surface area contributed by atoms with Crippen LogP contribution in [0.2, 0.25) is 5.02 Å². The molecule has 210 valence electrons. The lowest BCUT2D eigenvalue weighted by Gasteiger charge is -2.22. The molecule has 0 radical (unpaired) electrons. The van der Waals surface area contributed by atoms with Gasteiger partial charge in [0.2, 0.25) is 5.88 Å². The molecule has 42 heavy (non-hydrogen) atoms. The zero-order valence-corrected chi connectivity index (χ0v) is 23.7. The van der Waals surface area contributed by atoms with Gasteiger partial charge >= 0.3 is 5.97 Å². The molecule has 8 nitrogen and oxygen atoms in total. The number of carboxylic acid groups (broad SMARTS) is 1. The van der Waals surface area contributed by atoms with Crippen molar-refractivity contribution >= 4 is 28.5 Å². The van der Waals surface area contributed by atoms with Crippen LogP contribution in [0.25, 0.3) is 22.0 Å². The number of hydrogen-bond donors (Lipinski definition) is 2. The van der Waals surface area contributed by atoms with E-state index in [0.717, 1.165) is 22.2 Å². The number of carbonyl (C=O) groups is 1. The summed E-state index contributed by atoms with van der Waals surface area (Å²) in [4.78, 5) is 20.6. The van der Waals surface area contributed by atoms with Crippen molar-refractivity contribution in [1.82, 2.24) is 15.3 Å². The summed E-state index contributed by atoms with van der Waals surface area (Å²) in [5.74, 6) is 0.0812. The minimum Gasteiger partial charge on any atom is -0.488 e. The van der Waals surface area contributed by atoms with Crippen LogP contribution in [0.4, 0.5) is 0 Å². The van der Waals surface area contributed by atoms with E-state index < -0.39 is 11.5 Å². The van der Waals surface area contributed by atoms with E-state index in [-0.39, 0.29) is 13.2 Å². The van der Waals surface area contributed by atoms with Crippen molar-refractivity contribution in [3.8, 4) is 34.6 Å². The molecule has 2 N–H and O–H groups in total. The summed E-state index contributed by atoms with van der Waals surface area (Å²) in [6.45, 7) is 3.49. The fourth-order valence-electron chi connectivity index (χ4n) is 4.31. The predicted molar refractivity (Wildman–Crippen MR) is 161 cm³/mol. The average molecular weight is 579 g/mol. The van der Waals surface area contributed by atoms with E-state index in [0.29, 0.717) is 38.9 Å². The summed E-state index contributed by atoms with van der Waals surface area (Å²) in [6.07, 6.45) is 1.45. The number of ether oxygens (including phenoxy) is 2. The van der Waals surface area contributed by atoms with Gasteiger partial charge in [0.05, 0.1) is 27.6 Å². The van der Waals surface area contributed by atoms with E-state index in [2.05, 4.69) is 21.4 Å². The third kappa shape index (κ3) is 6.33. The molecule has 0 amide bonds. The molecule has 0 bridgehead atoms. The van der Waals surface area contributed by atoms with Gasteiger partial charge in [0, 0.05) is 23.7 Å². The van der Waals surface area contributed by atoms with Crippen LogP contribution in [0, 0.1) is 11.3 Å². The van der Waals surface area contributed by atoms with Gasteiger partial charge in [-0.3, -0.25) is 10.1 Å². The number of para-hydroxylation sites is 1. The maximum atomic E-state index is 11.7. The molecule has 9 heteroatoms. The number of halogens is 1. The van der Waals surface area contributed by atoms with Gasteiger partial charge in [-0.1, -0.05) is 66.2 Å². The van der Waals surface area contributed by atoms with Crippen LogP contribution in [0.1, 0.15) is 30.5 Å². The number of fused-ring (bicyclic) bond motifs is 1. The summed E-state index contributed by atoms with van der Waals surface area (Å²) >= 11 is 6.69. The highest BCUT2D eigenvalue weighted by Gasteiger charge is 2.27. The number of rotatable bonds is 10. The molecule has 5 rings (SSSR count). The standard InChI is InChI=1S/C33H27ClN4O4/c1-33(2,32(39)40)38-18-24-15-27(34)29(16-28(24)41-19-22-9-6-8-21(14-22)17-35)42-31-26-13-7-12-25(30(26)36-20-37-31)23-10-4-3-5-11-23/h3-16,20,38H,18-19H2,1-2H3,(H,39,40). The van der Waals surface area contributed by atoms with E-state index >= 15 is 0 Å². The van der Waals surface area contributed by atoms with E-state index in [4.69, 9.17) is 21.1 Å². The summed E-state index contributed by atoms with van der Waals surface area (Å²) in [5.41, 5.74) is 3.46. The highest BCUT2D eigenvalue weighted by molar-refractivity contribution is 6.32. The maximum Gasteiger partial charge on any atom is 0.323 e. The Bertz CT molecular complexity index is 1800. The van der Waals surface area contributed by atoms with Crippen LogP contribution in [0.15, 0.2) is 91.3 Å². The topological polar surface area (TPSA) is 117 Å². The van der Waals surface area contributed by atoms with Crippen LogP contribution in [-0.2, 0) is 17.9 Å². The van der Waals surface area contributed by atoms with Gasteiger partial charge in [-0.25, -0.2) is 9.97 Å². The Morgan fingerprint density at radius 1 is 1.00 bits per heavy atom. The third-order valence-corrected chi connectivity index (χ3v) is 7.04. The lowest BCUT2D eigenvalue weighted by atomic mass is 10.0. The summed E-state index contributed by atoms with van der Waals surface area (Å²) in [7, 11) is 0. The van der Waals surface area contributed by atoms with Crippen LogP contribution < -0.4 is 14.8 Å². The summed E-state index contributed by atoms with van der Waals surface area (Å²) in [5, 5.41) is 22.8. The van der Waals surface area contributed by atoms with Crippen molar-refractivity contribution in [3.05, 3.63) is 113 Å². The smallest absolute Gasteiger partial charge is 0.323 e. The van der Waals surface area contributed by atoms with Crippen molar-refractivity contribution in [2.75, 3.05) is 0 Å². The Hall–Kier alpha value is -4.97. The van der Waals surface area contributed by atoms with Crippen LogP contribution in [0.3, 0.4) is 0 Å². The first-order chi connectivity index (χ1) is 20.2.